The number of benzene rings is 2. The molecule has 0 bridgehead atoms. The van der Waals surface area contributed by atoms with Crippen LogP contribution >= 0.6 is 0 Å². The van der Waals surface area contributed by atoms with E-state index < -0.39 is 6.16 Å². The molecule has 0 aliphatic rings. The van der Waals surface area contributed by atoms with Gasteiger partial charge < -0.3 is 14.6 Å². The molecule has 0 saturated heterocycles. The monoisotopic (exact) mass is 370 g/mol. The fourth-order valence-corrected chi connectivity index (χ4v) is 2.76. The topological polar surface area (TPSA) is 72.8 Å². The third kappa shape index (κ3) is 7.52. The number of unbranched alkanes of at least 4 members (excludes halogenated alkanes) is 5. The van der Waals surface area contributed by atoms with E-state index in [-0.39, 0.29) is 11.7 Å². The summed E-state index contributed by atoms with van der Waals surface area (Å²) in [7, 11) is 0. The van der Waals surface area contributed by atoms with Crippen molar-refractivity contribution in [3.05, 3.63) is 48.5 Å². The van der Waals surface area contributed by atoms with Gasteiger partial charge in [0.1, 0.15) is 11.5 Å². The molecular weight excluding hydrogens is 344 g/mol. The molecule has 5 heteroatoms. The van der Waals surface area contributed by atoms with E-state index in [1.807, 2.05) is 12.1 Å². The van der Waals surface area contributed by atoms with E-state index in [0.29, 0.717) is 12.2 Å². The van der Waals surface area contributed by atoms with Crippen LogP contribution in [0.5, 0.6) is 11.5 Å². The van der Waals surface area contributed by atoms with Gasteiger partial charge in [0.2, 0.25) is 0 Å². The molecule has 0 aromatic heterocycles. The maximum atomic E-state index is 11.9. The van der Waals surface area contributed by atoms with Crippen molar-refractivity contribution in [2.45, 2.75) is 51.9 Å². The summed E-state index contributed by atoms with van der Waals surface area (Å²) in [6, 6.07) is 14.0. The zero-order chi connectivity index (χ0) is 19.5. The van der Waals surface area contributed by atoms with Crippen molar-refractivity contribution >= 4 is 12.1 Å². The van der Waals surface area contributed by atoms with E-state index in [1.54, 1.807) is 36.4 Å². The Morgan fingerprint density at radius 1 is 0.741 bits per heavy atom. The van der Waals surface area contributed by atoms with Crippen LogP contribution in [0.25, 0.3) is 11.1 Å². The Labute approximate surface area is 159 Å². The van der Waals surface area contributed by atoms with Crippen LogP contribution in [-0.2, 0) is 4.79 Å². The van der Waals surface area contributed by atoms with Gasteiger partial charge in [-0.15, -0.1) is 0 Å². The normalized spacial score (nSPS) is 10.4. The Morgan fingerprint density at radius 2 is 1.22 bits per heavy atom. The van der Waals surface area contributed by atoms with E-state index >= 15 is 0 Å². The van der Waals surface area contributed by atoms with Crippen LogP contribution in [0.15, 0.2) is 48.5 Å². The number of carbonyl (C=O) groups excluding carboxylic acids is 1. The lowest BCUT2D eigenvalue weighted by molar-refractivity contribution is -0.134. The summed E-state index contributed by atoms with van der Waals surface area (Å²) in [5, 5.41) is 8.59. The zero-order valence-corrected chi connectivity index (χ0v) is 15.6. The first-order valence-electron chi connectivity index (χ1n) is 9.40. The Hall–Kier alpha value is -2.82. The first-order valence-corrected chi connectivity index (χ1v) is 9.40. The lowest BCUT2D eigenvalue weighted by Gasteiger charge is -2.07. The van der Waals surface area contributed by atoms with Crippen LogP contribution < -0.4 is 9.47 Å². The molecule has 0 atom stereocenters. The highest BCUT2D eigenvalue weighted by Gasteiger charge is 2.06. The molecule has 0 aliphatic heterocycles. The molecule has 0 spiro atoms. The first kappa shape index (κ1) is 20.5. The van der Waals surface area contributed by atoms with Crippen molar-refractivity contribution in [3.63, 3.8) is 0 Å². The highest BCUT2D eigenvalue weighted by molar-refractivity contribution is 5.73. The fourth-order valence-electron chi connectivity index (χ4n) is 2.76. The lowest BCUT2D eigenvalue weighted by atomic mass is 10.1. The predicted molar refractivity (Wildman–Crippen MR) is 104 cm³/mol. The van der Waals surface area contributed by atoms with E-state index in [9.17, 15) is 9.59 Å². The quantitative estimate of drug-likeness (QED) is 0.238. The maximum Gasteiger partial charge on any atom is 0.511 e. The zero-order valence-electron chi connectivity index (χ0n) is 15.6. The molecule has 5 nitrogen and oxygen atoms in total. The number of hydrogen-bond acceptors (Lipinski definition) is 4. The summed E-state index contributed by atoms with van der Waals surface area (Å²) < 4.78 is 9.96. The molecule has 144 valence electrons. The molecule has 27 heavy (non-hydrogen) atoms. The van der Waals surface area contributed by atoms with Crippen molar-refractivity contribution < 1.29 is 24.2 Å². The first-order chi connectivity index (χ1) is 13.1. The summed E-state index contributed by atoms with van der Waals surface area (Å²) >= 11 is 0. The molecule has 0 amide bonds. The predicted octanol–water partition coefficient (Wildman–Crippen LogP) is 6.07. The molecule has 0 aliphatic carbocycles. The minimum absolute atomic E-state index is 0.201. The van der Waals surface area contributed by atoms with Gasteiger partial charge in [-0.05, 0) is 41.8 Å². The second-order valence-electron chi connectivity index (χ2n) is 6.41. The van der Waals surface area contributed by atoms with Gasteiger partial charge in [0, 0.05) is 6.42 Å². The molecule has 0 radical (unpaired) electrons. The minimum atomic E-state index is -1.34. The Kier molecular flexibility index (Phi) is 8.36. The molecule has 1 N–H and O–H groups in total. The fraction of sp³-hybridized carbons (Fsp3) is 0.364. The molecule has 0 heterocycles. The van der Waals surface area contributed by atoms with Crippen LogP contribution in [0.3, 0.4) is 0 Å². The molecular formula is C22H26O5. The van der Waals surface area contributed by atoms with Crippen molar-refractivity contribution in [1.82, 2.24) is 0 Å². The van der Waals surface area contributed by atoms with Gasteiger partial charge >= 0.3 is 12.1 Å². The second kappa shape index (κ2) is 11.0. The van der Waals surface area contributed by atoms with Crippen LogP contribution in [0.4, 0.5) is 4.79 Å². The lowest BCUT2D eigenvalue weighted by Crippen LogP contribution is -2.07. The van der Waals surface area contributed by atoms with Gasteiger partial charge in [-0.2, -0.15) is 0 Å². The summed E-state index contributed by atoms with van der Waals surface area (Å²) in [5.74, 6) is 0.598. The highest BCUT2D eigenvalue weighted by Crippen LogP contribution is 2.25. The molecule has 2 rings (SSSR count). The number of hydrogen-bond donors (Lipinski definition) is 1. The van der Waals surface area contributed by atoms with Crippen LogP contribution in [-0.4, -0.2) is 17.2 Å². The van der Waals surface area contributed by atoms with Gasteiger partial charge in [0.25, 0.3) is 0 Å². The summed E-state index contributed by atoms with van der Waals surface area (Å²) in [5.41, 5.74) is 1.85. The van der Waals surface area contributed by atoms with Crippen LogP contribution in [0.2, 0.25) is 0 Å². The number of rotatable bonds is 10. The summed E-state index contributed by atoms with van der Waals surface area (Å²) in [6.45, 7) is 2.19. The van der Waals surface area contributed by atoms with E-state index in [2.05, 4.69) is 11.7 Å². The SMILES string of the molecule is CCCCCCCCC(=O)Oc1ccc(-c2ccc(OC(=O)O)cc2)cc1. The standard InChI is InChI=1S/C22H26O5/c1-2-3-4-5-6-7-8-21(23)26-19-13-9-17(10-14-19)18-11-15-20(16-12-18)27-22(24)25/h9-16H,2-8H2,1H3,(H,24,25). The Morgan fingerprint density at radius 3 is 1.74 bits per heavy atom. The van der Waals surface area contributed by atoms with Gasteiger partial charge in [-0.1, -0.05) is 63.3 Å². The number of ether oxygens (including phenoxy) is 2. The van der Waals surface area contributed by atoms with Crippen molar-refractivity contribution in [3.8, 4) is 22.6 Å². The molecule has 0 unspecified atom stereocenters. The van der Waals surface area contributed by atoms with Crippen molar-refractivity contribution in [2.75, 3.05) is 0 Å². The highest BCUT2D eigenvalue weighted by atomic mass is 16.7. The third-order valence-corrected chi connectivity index (χ3v) is 4.21. The number of esters is 1. The minimum Gasteiger partial charge on any atom is -0.449 e. The average molecular weight is 370 g/mol. The number of carbonyl (C=O) groups is 2. The second-order valence-corrected chi connectivity index (χ2v) is 6.41. The van der Waals surface area contributed by atoms with Crippen molar-refractivity contribution in [1.29, 1.82) is 0 Å². The molecule has 2 aromatic carbocycles. The Balaban J connectivity index is 1.80. The largest absolute Gasteiger partial charge is 0.511 e. The molecule has 0 fully saturated rings. The van der Waals surface area contributed by atoms with E-state index in [0.717, 1.165) is 24.0 Å². The number of carboxylic acid groups (broad SMARTS) is 1. The maximum absolute atomic E-state index is 11.9. The van der Waals surface area contributed by atoms with E-state index in [1.165, 1.54) is 25.7 Å². The Bertz CT molecular complexity index is 719. The third-order valence-electron chi connectivity index (χ3n) is 4.21. The summed E-state index contributed by atoms with van der Waals surface area (Å²) in [4.78, 5) is 22.4. The van der Waals surface area contributed by atoms with Gasteiger partial charge in [0.05, 0.1) is 0 Å². The smallest absolute Gasteiger partial charge is 0.449 e. The molecule has 2 aromatic rings. The van der Waals surface area contributed by atoms with Crippen molar-refractivity contribution in [2.24, 2.45) is 0 Å². The average Bonchev–Trinajstić information content (AvgIpc) is 2.65. The van der Waals surface area contributed by atoms with Gasteiger partial charge in [-0.25, -0.2) is 4.79 Å². The van der Waals surface area contributed by atoms with Crippen LogP contribution in [0.1, 0.15) is 51.9 Å². The van der Waals surface area contributed by atoms with Crippen LogP contribution in [0, 0.1) is 0 Å². The van der Waals surface area contributed by atoms with Gasteiger partial charge in [-0.3, -0.25) is 4.79 Å². The van der Waals surface area contributed by atoms with E-state index in [4.69, 9.17) is 9.84 Å². The molecule has 0 saturated carbocycles. The summed E-state index contributed by atoms with van der Waals surface area (Å²) in [6.07, 6.45) is 5.92. The van der Waals surface area contributed by atoms with Gasteiger partial charge in [0.15, 0.2) is 0 Å².